The highest BCUT2D eigenvalue weighted by molar-refractivity contribution is 8.00. The largest absolute Gasteiger partial charge is 0.463 e. The highest BCUT2D eigenvalue weighted by Crippen LogP contribution is 2.37. The Morgan fingerprint density at radius 3 is 2.73 bits per heavy atom. The number of primary amides is 1. The number of hydrogen-bond acceptors (Lipinski definition) is 5. The van der Waals surface area contributed by atoms with Crippen molar-refractivity contribution in [3.63, 3.8) is 0 Å². The maximum Gasteiger partial charge on any atom is 0.417 e. The van der Waals surface area contributed by atoms with Crippen LogP contribution in [-0.4, -0.2) is 16.6 Å². The molecule has 0 aromatic carbocycles. The quantitative estimate of drug-likeness (QED) is 0.872. The summed E-state index contributed by atoms with van der Waals surface area (Å²) in [6.45, 7) is 0. The lowest BCUT2D eigenvalue weighted by Crippen LogP contribution is -2.14. The molecule has 0 radical (unpaired) electrons. The van der Waals surface area contributed by atoms with Crippen molar-refractivity contribution in [1.82, 2.24) is 4.98 Å². The molecule has 0 aliphatic carbocycles. The van der Waals surface area contributed by atoms with Crippen LogP contribution in [0.3, 0.4) is 0 Å². The Balaban J connectivity index is 2.62. The molecule has 0 aliphatic heterocycles. The van der Waals surface area contributed by atoms with Gasteiger partial charge in [-0.15, -0.1) is 0 Å². The molecule has 22 heavy (non-hydrogen) atoms. The molecule has 2 N–H and O–H groups in total. The van der Waals surface area contributed by atoms with Gasteiger partial charge in [0.15, 0.2) is 5.76 Å². The van der Waals surface area contributed by atoms with E-state index in [9.17, 15) is 18.0 Å². The van der Waals surface area contributed by atoms with E-state index in [1.54, 1.807) is 0 Å². The molecule has 2 rings (SSSR count). The molecule has 2 aromatic heterocycles. The van der Waals surface area contributed by atoms with Gasteiger partial charge >= 0.3 is 6.18 Å². The number of halogens is 3. The molecule has 0 fully saturated rings. The van der Waals surface area contributed by atoms with Crippen molar-refractivity contribution in [2.45, 2.75) is 11.2 Å². The molecule has 5 nitrogen and oxygen atoms in total. The van der Waals surface area contributed by atoms with E-state index in [1.165, 1.54) is 24.5 Å². The van der Waals surface area contributed by atoms with Crippen molar-refractivity contribution >= 4 is 17.7 Å². The number of furan rings is 1. The van der Waals surface area contributed by atoms with Gasteiger partial charge in [-0.25, -0.2) is 4.98 Å². The first kappa shape index (κ1) is 15.9. The van der Waals surface area contributed by atoms with Gasteiger partial charge in [-0.1, -0.05) is 11.8 Å². The molecule has 0 saturated carbocycles. The van der Waals surface area contributed by atoms with E-state index in [0.29, 0.717) is 11.8 Å². The molecule has 0 spiro atoms. The molecule has 9 heteroatoms. The normalized spacial score (nSPS) is 11.2. The van der Waals surface area contributed by atoms with Crippen molar-refractivity contribution in [1.29, 1.82) is 5.26 Å². The Morgan fingerprint density at radius 2 is 2.23 bits per heavy atom. The van der Waals surface area contributed by atoms with Crippen LogP contribution in [0.25, 0.3) is 11.5 Å². The smallest absolute Gasteiger partial charge is 0.417 e. The summed E-state index contributed by atoms with van der Waals surface area (Å²) in [4.78, 5) is 14.8. The molecule has 0 aliphatic rings. The molecular weight excluding hydrogens is 319 g/mol. The monoisotopic (exact) mass is 327 g/mol. The highest BCUT2D eigenvalue weighted by atomic mass is 32.2. The first-order valence-electron chi connectivity index (χ1n) is 5.80. The Bertz CT molecular complexity index is 736. The van der Waals surface area contributed by atoms with E-state index in [2.05, 4.69) is 4.98 Å². The van der Waals surface area contributed by atoms with Crippen molar-refractivity contribution in [2.75, 3.05) is 5.75 Å². The number of alkyl halides is 3. The number of nitrogens with two attached hydrogens (primary N) is 1. The van der Waals surface area contributed by atoms with Gasteiger partial charge in [0.05, 0.1) is 23.1 Å². The van der Waals surface area contributed by atoms with Crippen LogP contribution in [0.2, 0.25) is 0 Å². The SMILES string of the molecule is N#Cc1c(C(F)(F)F)cc(-c2ccco2)nc1SCC(N)=O. The van der Waals surface area contributed by atoms with Crippen LogP contribution < -0.4 is 5.73 Å². The van der Waals surface area contributed by atoms with E-state index in [4.69, 9.17) is 15.4 Å². The highest BCUT2D eigenvalue weighted by Gasteiger charge is 2.36. The zero-order chi connectivity index (χ0) is 16.3. The second-order valence-corrected chi connectivity index (χ2v) is 5.04. The summed E-state index contributed by atoms with van der Waals surface area (Å²) >= 11 is 0.672. The minimum absolute atomic E-state index is 0.0803. The van der Waals surface area contributed by atoms with E-state index < -0.39 is 23.2 Å². The second kappa shape index (κ2) is 6.11. The van der Waals surface area contributed by atoms with E-state index in [-0.39, 0.29) is 22.2 Å². The molecule has 0 saturated heterocycles. The van der Waals surface area contributed by atoms with E-state index >= 15 is 0 Å². The third-order valence-electron chi connectivity index (χ3n) is 2.53. The van der Waals surface area contributed by atoms with Crippen molar-refractivity contribution in [3.8, 4) is 17.5 Å². The number of amides is 1. The topological polar surface area (TPSA) is 92.9 Å². The van der Waals surface area contributed by atoms with Gasteiger partial charge in [0.2, 0.25) is 5.91 Å². The number of aromatic nitrogens is 1. The molecule has 2 heterocycles. The summed E-state index contributed by atoms with van der Waals surface area (Å²) in [5, 5.41) is 8.79. The Hall–Kier alpha value is -2.47. The van der Waals surface area contributed by atoms with E-state index in [0.717, 1.165) is 6.07 Å². The summed E-state index contributed by atoms with van der Waals surface area (Å²) in [5.41, 5.74) is 3.12. The lowest BCUT2D eigenvalue weighted by Gasteiger charge is -2.13. The number of carbonyl (C=O) groups is 1. The average molecular weight is 327 g/mol. The van der Waals surface area contributed by atoms with Gasteiger partial charge in [0, 0.05) is 0 Å². The fraction of sp³-hybridized carbons (Fsp3) is 0.154. The van der Waals surface area contributed by atoms with Gasteiger partial charge in [-0.2, -0.15) is 18.4 Å². The Labute approximate surface area is 126 Å². The fourth-order valence-electron chi connectivity index (χ4n) is 1.65. The predicted octanol–water partition coefficient (Wildman–Crippen LogP) is 2.81. The Morgan fingerprint density at radius 1 is 1.50 bits per heavy atom. The van der Waals surface area contributed by atoms with E-state index in [1.807, 2.05) is 0 Å². The minimum Gasteiger partial charge on any atom is -0.463 e. The number of rotatable bonds is 4. The first-order valence-corrected chi connectivity index (χ1v) is 6.79. The van der Waals surface area contributed by atoms with Crippen LogP contribution in [0.4, 0.5) is 13.2 Å². The van der Waals surface area contributed by atoms with Gasteiger partial charge in [-0.3, -0.25) is 4.79 Å². The first-order chi connectivity index (χ1) is 10.3. The third kappa shape index (κ3) is 3.40. The van der Waals surface area contributed by atoms with Crippen LogP contribution >= 0.6 is 11.8 Å². The zero-order valence-corrected chi connectivity index (χ0v) is 11.7. The molecule has 114 valence electrons. The van der Waals surface area contributed by atoms with Crippen molar-refractivity contribution in [2.24, 2.45) is 5.73 Å². The van der Waals surface area contributed by atoms with Gasteiger partial charge in [0.1, 0.15) is 16.8 Å². The fourth-order valence-corrected chi connectivity index (χ4v) is 2.39. The average Bonchev–Trinajstić information content (AvgIpc) is 2.97. The summed E-state index contributed by atoms with van der Waals surface area (Å²) in [5.74, 6) is -0.899. The van der Waals surface area contributed by atoms with Crippen LogP contribution in [0.15, 0.2) is 33.9 Å². The number of hydrogen-bond donors (Lipinski definition) is 1. The predicted molar refractivity (Wildman–Crippen MR) is 71.6 cm³/mol. The lowest BCUT2D eigenvalue weighted by atomic mass is 10.1. The molecular formula is C13H8F3N3O2S. The summed E-state index contributed by atoms with van der Waals surface area (Å²) < 4.78 is 44.4. The molecule has 2 aromatic rings. The van der Waals surface area contributed by atoms with Crippen LogP contribution in [0.5, 0.6) is 0 Å². The number of nitriles is 1. The number of nitrogens with zero attached hydrogens (tertiary/aromatic N) is 2. The van der Waals surface area contributed by atoms with Crippen LogP contribution in [0, 0.1) is 11.3 Å². The molecule has 0 atom stereocenters. The third-order valence-corrected chi connectivity index (χ3v) is 3.53. The molecule has 0 bridgehead atoms. The maximum atomic E-state index is 13.1. The maximum absolute atomic E-state index is 13.1. The van der Waals surface area contributed by atoms with Crippen molar-refractivity contribution in [3.05, 3.63) is 35.6 Å². The molecule has 0 unspecified atom stereocenters. The van der Waals surface area contributed by atoms with Gasteiger partial charge in [0.25, 0.3) is 0 Å². The standard InChI is InChI=1S/C13H8F3N3O2S/c14-13(15,16)8-4-9(10-2-1-3-21-10)19-12(7(8)5-17)22-6-11(18)20/h1-4H,6H2,(H2,18,20). The van der Waals surface area contributed by atoms with Crippen LogP contribution in [-0.2, 0) is 11.0 Å². The lowest BCUT2D eigenvalue weighted by molar-refractivity contribution is -0.138. The summed E-state index contributed by atoms with van der Waals surface area (Å²) in [6, 6.07) is 5.16. The number of thioether (sulfide) groups is 1. The number of carbonyl (C=O) groups excluding carboxylic acids is 1. The zero-order valence-electron chi connectivity index (χ0n) is 10.8. The summed E-state index contributed by atoms with van der Waals surface area (Å²) in [7, 11) is 0. The Kier molecular flexibility index (Phi) is 4.42. The van der Waals surface area contributed by atoms with Crippen molar-refractivity contribution < 1.29 is 22.4 Å². The minimum atomic E-state index is -4.74. The second-order valence-electron chi connectivity index (χ2n) is 4.08. The van der Waals surface area contributed by atoms with Crippen LogP contribution in [0.1, 0.15) is 11.1 Å². The number of pyridine rings is 1. The molecule has 1 amide bonds. The van der Waals surface area contributed by atoms with Gasteiger partial charge in [-0.05, 0) is 18.2 Å². The van der Waals surface area contributed by atoms with Gasteiger partial charge < -0.3 is 10.2 Å². The summed E-state index contributed by atoms with van der Waals surface area (Å²) in [6.07, 6.45) is -3.45.